The molecular weight excluding hydrogens is 144 g/mol. The molecule has 0 aromatic heterocycles. The van der Waals surface area contributed by atoms with Crippen molar-refractivity contribution >= 4 is 0 Å². The van der Waals surface area contributed by atoms with Crippen LogP contribution in [0.3, 0.4) is 0 Å². The number of hydrogen-bond donors (Lipinski definition) is 0. The Labute approximate surface area is 68.6 Å². The summed E-state index contributed by atoms with van der Waals surface area (Å²) in [5.41, 5.74) is 0. The highest BCUT2D eigenvalue weighted by Crippen LogP contribution is 1.82. The highest BCUT2D eigenvalue weighted by Gasteiger charge is 1.87. The van der Waals surface area contributed by atoms with E-state index in [4.69, 9.17) is 14.2 Å². The largest absolute Gasteiger partial charge is 0.379 e. The lowest BCUT2D eigenvalue weighted by atomic mass is 10.5. The number of rotatable bonds is 8. The molecule has 0 amide bonds. The van der Waals surface area contributed by atoms with Gasteiger partial charge in [0.1, 0.15) is 6.79 Å². The number of ether oxygens (including phenoxy) is 3. The first-order valence-electron chi connectivity index (χ1n) is 4.15. The molecule has 0 aliphatic rings. The van der Waals surface area contributed by atoms with E-state index in [0.717, 1.165) is 13.0 Å². The highest BCUT2D eigenvalue weighted by atomic mass is 16.7. The second-order valence-electron chi connectivity index (χ2n) is 2.13. The lowest BCUT2D eigenvalue weighted by Crippen LogP contribution is -2.07. The predicted octanol–water partition coefficient (Wildman–Crippen LogP) is 1.42. The van der Waals surface area contributed by atoms with Gasteiger partial charge < -0.3 is 14.2 Å². The first-order valence-corrected chi connectivity index (χ1v) is 4.15. The fourth-order valence-electron chi connectivity index (χ4n) is 0.565. The van der Waals surface area contributed by atoms with Gasteiger partial charge >= 0.3 is 0 Å². The van der Waals surface area contributed by atoms with Crippen molar-refractivity contribution in [2.75, 3.05) is 33.2 Å². The molecule has 0 saturated heterocycles. The van der Waals surface area contributed by atoms with Crippen molar-refractivity contribution in [3.8, 4) is 0 Å². The third kappa shape index (κ3) is 9.88. The van der Waals surface area contributed by atoms with Gasteiger partial charge in [0.05, 0.1) is 13.2 Å². The third-order valence-corrected chi connectivity index (χ3v) is 1.09. The molecule has 0 aromatic rings. The molecule has 0 aliphatic heterocycles. The van der Waals surface area contributed by atoms with Crippen molar-refractivity contribution in [3.05, 3.63) is 0 Å². The van der Waals surface area contributed by atoms with E-state index in [1.54, 1.807) is 0 Å². The SMILES string of the molecule is CCCOCCOCOCC. The van der Waals surface area contributed by atoms with Gasteiger partial charge in [-0.1, -0.05) is 6.92 Å². The predicted molar refractivity (Wildman–Crippen MR) is 43.6 cm³/mol. The zero-order valence-corrected chi connectivity index (χ0v) is 7.47. The van der Waals surface area contributed by atoms with Crippen LogP contribution in [0.2, 0.25) is 0 Å². The molecule has 0 aromatic carbocycles. The van der Waals surface area contributed by atoms with E-state index in [-0.39, 0.29) is 0 Å². The summed E-state index contributed by atoms with van der Waals surface area (Å²) >= 11 is 0. The van der Waals surface area contributed by atoms with E-state index in [1.807, 2.05) is 6.92 Å². The zero-order valence-electron chi connectivity index (χ0n) is 7.47. The Morgan fingerprint density at radius 2 is 1.55 bits per heavy atom. The van der Waals surface area contributed by atoms with E-state index in [0.29, 0.717) is 26.6 Å². The average molecular weight is 162 g/mol. The molecule has 0 spiro atoms. The highest BCUT2D eigenvalue weighted by molar-refractivity contribution is 4.28. The van der Waals surface area contributed by atoms with Crippen LogP contribution in [0.4, 0.5) is 0 Å². The van der Waals surface area contributed by atoms with Crippen molar-refractivity contribution in [2.45, 2.75) is 20.3 Å². The van der Waals surface area contributed by atoms with Crippen LogP contribution in [-0.2, 0) is 14.2 Å². The van der Waals surface area contributed by atoms with E-state index >= 15 is 0 Å². The van der Waals surface area contributed by atoms with Crippen LogP contribution in [-0.4, -0.2) is 33.2 Å². The summed E-state index contributed by atoms with van der Waals surface area (Å²) in [4.78, 5) is 0. The molecule has 0 saturated carbocycles. The smallest absolute Gasteiger partial charge is 0.146 e. The number of hydrogen-bond acceptors (Lipinski definition) is 3. The molecular formula is C8H18O3. The molecule has 0 N–H and O–H groups in total. The van der Waals surface area contributed by atoms with Crippen LogP contribution in [0, 0.1) is 0 Å². The van der Waals surface area contributed by atoms with Crippen LogP contribution in [0.15, 0.2) is 0 Å². The van der Waals surface area contributed by atoms with Gasteiger partial charge in [0.15, 0.2) is 0 Å². The summed E-state index contributed by atoms with van der Waals surface area (Å²) in [6.07, 6.45) is 1.06. The quantitative estimate of drug-likeness (QED) is 0.399. The van der Waals surface area contributed by atoms with Crippen LogP contribution in [0.25, 0.3) is 0 Å². The Morgan fingerprint density at radius 1 is 0.818 bits per heavy atom. The minimum Gasteiger partial charge on any atom is -0.379 e. The summed E-state index contributed by atoms with van der Waals surface area (Å²) in [7, 11) is 0. The molecule has 0 fully saturated rings. The van der Waals surface area contributed by atoms with E-state index < -0.39 is 0 Å². The first kappa shape index (κ1) is 10.9. The fourth-order valence-corrected chi connectivity index (χ4v) is 0.565. The minimum absolute atomic E-state index is 0.381. The van der Waals surface area contributed by atoms with Gasteiger partial charge in [-0.3, -0.25) is 0 Å². The normalized spacial score (nSPS) is 10.4. The lowest BCUT2D eigenvalue weighted by Gasteiger charge is -2.03. The van der Waals surface area contributed by atoms with E-state index in [9.17, 15) is 0 Å². The van der Waals surface area contributed by atoms with Crippen molar-refractivity contribution < 1.29 is 14.2 Å². The molecule has 0 bridgehead atoms. The second-order valence-corrected chi connectivity index (χ2v) is 2.13. The van der Waals surface area contributed by atoms with Crippen molar-refractivity contribution in [1.29, 1.82) is 0 Å². The maximum Gasteiger partial charge on any atom is 0.146 e. The molecule has 0 heterocycles. The third-order valence-electron chi connectivity index (χ3n) is 1.09. The van der Waals surface area contributed by atoms with Crippen LogP contribution in [0.1, 0.15) is 20.3 Å². The molecule has 0 aliphatic carbocycles. The Morgan fingerprint density at radius 3 is 2.18 bits per heavy atom. The monoisotopic (exact) mass is 162 g/mol. The molecule has 3 heteroatoms. The first-order chi connectivity index (χ1) is 5.41. The molecule has 0 atom stereocenters. The summed E-state index contributed by atoms with van der Waals surface area (Å²) in [5, 5.41) is 0. The zero-order chi connectivity index (χ0) is 8.36. The topological polar surface area (TPSA) is 27.7 Å². The molecule has 0 rings (SSSR count). The fraction of sp³-hybridized carbons (Fsp3) is 1.00. The molecule has 3 nitrogen and oxygen atoms in total. The van der Waals surface area contributed by atoms with Crippen molar-refractivity contribution in [3.63, 3.8) is 0 Å². The maximum absolute atomic E-state index is 5.18. The van der Waals surface area contributed by atoms with Gasteiger partial charge in [0.25, 0.3) is 0 Å². The van der Waals surface area contributed by atoms with Crippen LogP contribution < -0.4 is 0 Å². The van der Waals surface area contributed by atoms with Gasteiger partial charge in [-0.25, -0.2) is 0 Å². The second kappa shape index (κ2) is 9.88. The maximum atomic E-state index is 5.18. The molecule has 0 radical (unpaired) electrons. The summed E-state index contributed by atoms with van der Waals surface area (Å²) in [6.45, 7) is 7.22. The summed E-state index contributed by atoms with van der Waals surface area (Å²) in [5.74, 6) is 0. The van der Waals surface area contributed by atoms with Crippen molar-refractivity contribution in [1.82, 2.24) is 0 Å². The van der Waals surface area contributed by atoms with Crippen molar-refractivity contribution in [2.24, 2.45) is 0 Å². The Hall–Kier alpha value is -0.120. The summed E-state index contributed by atoms with van der Waals surface area (Å²) in [6, 6.07) is 0. The van der Waals surface area contributed by atoms with E-state index in [1.165, 1.54) is 0 Å². The minimum atomic E-state index is 0.381. The van der Waals surface area contributed by atoms with Crippen LogP contribution in [0.5, 0.6) is 0 Å². The Kier molecular flexibility index (Phi) is 9.77. The Bertz CT molecular complexity index is 58.4. The molecule has 68 valence electrons. The molecule has 11 heavy (non-hydrogen) atoms. The van der Waals surface area contributed by atoms with Gasteiger partial charge in [-0.05, 0) is 13.3 Å². The van der Waals surface area contributed by atoms with Gasteiger partial charge in [0, 0.05) is 13.2 Å². The lowest BCUT2D eigenvalue weighted by molar-refractivity contribution is -0.0656. The van der Waals surface area contributed by atoms with Crippen LogP contribution >= 0.6 is 0 Å². The Balaban J connectivity index is 2.69. The standard InChI is InChI=1S/C8H18O3/c1-3-5-10-6-7-11-8-9-4-2/h3-8H2,1-2H3. The van der Waals surface area contributed by atoms with Gasteiger partial charge in [0.2, 0.25) is 0 Å². The summed E-state index contributed by atoms with van der Waals surface area (Å²) < 4.78 is 15.2. The van der Waals surface area contributed by atoms with E-state index in [2.05, 4.69) is 6.92 Å². The molecule has 0 unspecified atom stereocenters. The van der Waals surface area contributed by atoms with Gasteiger partial charge in [-0.2, -0.15) is 0 Å². The van der Waals surface area contributed by atoms with Gasteiger partial charge in [-0.15, -0.1) is 0 Å². The average Bonchev–Trinajstić information content (AvgIpc) is 2.03.